The maximum Gasteiger partial charge on any atom is 0.411 e. The number of nitrogens with zero attached hydrogens (tertiary/aromatic N) is 1. The molecule has 20 heavy (non-hydrogen) atoms. The highest BCUT2D eigenvalue weighted by Crippen LogP contribution is 2.32. The highest BCUT2D eigenvalue weighted by molar-refractivity contribution is 5.71. The normalized spacial score (nSPS) is 19.8. The average Bonchev–Trinajstić information content (AvgIpc) is 2.90. The molecule has 102 valence electrons. The zero-order chi connectivity index (χ0) is 13.9. The largest absolute Gasteiger partial charge is 0.439 e. The number of hydrogen-bond acceptors (Lipinski definition) is 2. The van der Waals surface area contributed by atoms with E-state index in [1.165, 1.54) is 0 Å². The second kappa shape index (κ2) is 5.37. The topological polar surface area (TPSA) is 29.5 Å². The van der Waals surface area contributed by atoms with E-state index in [-0.39, 0.29) is 18.2 Å². The molecule has 0 aliphatic carbocycles. The number of benzene rings is 2. The number of amides is 1. The van der Waals surface area contributed by atoms with Crippen molar-refractivity contribution >= 4 is 6.09 Å². The number of rotatable bonds is 3. The van der Waals surface area contributed by atoms with E-state index in [2.05, 4.69) is 0 Å². The first-order valence-corrected chi connectivity index (χ1v) is 6.83. The lowest BCUT2D eigenvalue weighted by Crippen LogP contribution is -2.27. The monoisotopic (exact) mass is 267 g/mol. The van der Waals surface area contributed by atoms with E-state index in [9.17, 15) is 4.79 Å². The maximum atomic E-state index is 12.1. The standard InChI is InChI=1S/C17H17NO2/c1-13(14-8-4-2-5-9-14)18-12-16(20-17(18)19)15-10-6-3-7-11-15/h2-11,13,16H,12H2,1H3/t13-,16-/m0/s1. The minimum Gasteiger partial charge on any atom is -0.439 e. The summed E-state index contributed by atoms with van der Waals surface area (Å²) in [5, 5.41) is 0. The summed E-state index contributed by atoms with van der Waals surface area (Å²) >= 11 is 0. The van der Waals surface area contributed by atoms with Crippen LogP contribution in [0.15, 0.2) is 60.7 Å². The maximum absolute atomic E-state index is 12.1. The Morgan fingerprint density at radius 2 is 1.65 bits per heavy atom. The number of carbonyl (C=O) groups is 1. The molecular weight excluding hydrogens is 250 g/mol. The van der Waals surface area contributed by atoms with Crippen molar-refractivity contribution in [2.75, 3.05) is 6.54 Å². The van der Waals surface area contributed by atoms with Crippen molar-refractivity contribution < 1.29 is 9.53 Å². The first-order chi connectivity index (χ1) is 9.75. The van der Waals surface area contributed by atoms with E-state index in [1.807, 2.05) is 67.6 Å². The van der Waals surface area contributed by atoms with E-state index >= 15 is 0 Å². The summed E-state index contributed by atoms with van der Waals surface area (Å²) in [5.41, 5.74) is 2.17. The third-order valence-corrected chi connectivity index (χ3v) is 3.76. The van der Waals surface area contributed by atoms with Crippen molar-refractivity contribution in [1.29, 1.82) is 0 Å². The third kappa shape index (κ3) is 2.39. The van der Waals surface area contributed by atoms with Gasteiger partial charge in [-0.2, -0.15) is 0 Å². The van der Waals surface area contributed by atoms with Gasteiger partial charge < -0.3 is 4.74 Å². The fourth-order valence-electron chi connectivity index (χ4n) is 2.55. The number of hydrogen-bond donors (Lipinski definition) is 0. The molecule has 2 atom stereocenters. The molecule has 1 saturated heterocycles. The zero-order valence-corrected chi connectivity index (χ0v) is 11.4. The highest BCUT2D eigenvalue weighted by Gasteiger charge is 2.35. The lowest BCUT2D eigenvalue weighted by Gasteiger charge is -2.22. The smallest absolute Gasteiger partial charge is 0.411 e. The molecule has 3 rings (SSSR count). The fraction of sp³-hybridized carbons (Fsp3) is 0.235. The summed E-state index contributed by atoms with van der Waals surface area (Å²) < 4.78 is 5.49. The molecule has 2 aromatic carbocycles. The van der Waals surface area contributed by atoms with Gasteiger partial charge in [0.1, 0.15) is 6.10 Å². The summed E-state index contributed by atoms with van der Waals surface area (Å²) in [6, 6.07) is 19.9. The van der Waals surface area contributed by atoms with Crippen LogP contribution in [-0.2, 0) is 4.74 Å². The van der Waals surface area contributed by atoms with Gasteiger partial charge in [0.05, 0.1) is 12.6 Å². The second-order valence-electron chi connectivity index (χ2n) is 5.02. The first-order valence-electron chi connectivity index (χ1n) is 6.83. The van der Waals surface area contributed by atoms with Crippen molar-refractivity contribution in [3.05, 3.63) is 71.8 Å². The Morgan fingerprint density at radius 1 is 1.05 bits per heavy atom. The van der Waals surface area contributed by atoms with Crippen LogP contribution in [0.2, 0.25) is 0 Å². The van der Waals surface area contributed by atoms with Crippen LogP contribution in [0.5, 0.6) is 0 Å². The van der Waals surface area contributed by atoms with E-state index in [0.717, 1.165) is 11.1 Å². The van der Waals surface area contributed by atoms with Gasteiger partial charge in [-0.1, -0.05) is 60.7 Å². The zero-order valence-electron chi connectivity index (χ0n) is 11.4. The summed E-state index contributed by atoms with van der Waals surface area (Å²) in [7, 11) is 0. The van der Waals surface area contributed by atoms with Crippen LogP contribution >= 0.6 is 0 Å². The molecule has 1 fully saturated rings. The Balaban J connectivity index is 1.78. The van der Waals surface area contributed by atoms with Gasteiger partial charge >= 0.3 is 6.09 Å². The van der Waals surface area contributed by atoms with Gasteiger partial charge in [0.25, 0.3) is 0 Å². The molecule has 2 aromatic rings. The van der Waals surface area contributed by atoms with E-state index < -0.39 is 0 Å². The molecule has 0 saturated carbocycles. The van der Waals surface area contributed by atoms with Crippen LogP contribution in [0.4, 0.5) is 4.79 Å². The quantitative estimate of drug-likeness (QED) is 0.843. The Kier molecular flexibility index (Phi) is 3.42. The lowest BCUT2D eigenvalue weighted by atomic mass is 10.1. The molecule has 3 heteroatoms. The molecule has 0 bridgehead atoms. The van der Waals surface area contributed by atoms with Crippen molar-refractivity contribution in [3.63, 3.8) is 0 Å². The van der Waals surface area contributed by atoms with Gasteiger partial charge in [-0.05, 0) is 18.1 Å². The van der Waals surface area contributed by atoms with Crippen LogP contribution in [0.3, 0.4) is 0 Å². The molecule has 1 aliphatic heterocycles. The summed E-state index contributed by atoms with van der Waals surface area (Å²) in [5.74, 6) is 0. The van der Waals surface area contributed by atoms with Crippen LogP contribution in [0, 0.1) is 0 Å². The summed E-state index contributed by atoms with van der Waals surface area (Å²) in [6.07, 6.45) is -0.412. The minimum atomic E-state index is -0.241. The van der Waals surface area contributed by atoms with E-state index in [0.29, 0.717) is 6.54 Å². The van der Waals surface area contributed by atoms with Gasteiger partial charge in [0.15, 0.2) is 0 Å². The van der Waals surface area contributed by atoms with Gasteiger partial charge in [-0.15, -0.1) is 0 Å². The van der Waals surface area contributed by atoms with Crippen molar-refractivity contribution in [1.82, 2.24) is 4.90 Å². The number of cyclic esters (lactones) is 1. The van der Waals surface area contributed by atoms with Gasteiger partial charge in [0, 0.05) is 0 Å². The highest BCUT2D eigenvalue weighted by atomic mass is 16.6. The molecule has 3 nitrogen and oxygen atoms in total. The Labute approximate surface area is 118 Å². The summed E-state index contributed by atoms with van der Waals surface area (Å²) in [4.78, 5) is 13.9. The first kappa shape index (κ1) is 12.7. The Morgan fingerprint density at radius 3 is 2.30 bits per heavy atom. The minimum absolute atomic E-state index is 0.0254. The molecule has 1 aliphatic rings. The van der Waals surface area contributed by atoms with Crippen LogP contribution in [0.1, 0.15) is 30.2 Å². The second-order valence-corrected chi connectivity index (χ2v) is 5.02. The van der Waals surface area contributed by atoms with E-state index in [1.54, 1.807) is 4.90 Å². The number of carbonyl (C=O) groups excluding carboxylic acids is 1. The molecule has 0 radical (unpaired) electrons. The molecule has 0 aromatic heterocycles. The van der Waals surface area contributed by atoms with Crippen molar-refractivity contribution in [3.8, 4) is 0 Å². The van der Waals surface area contributed by atoms with Crippen molar-refractivity contribution in [2.45, 2.75) is 19.1 Å². The van der Waals surface area contributed by atoms with Crippen LogP contribution in [-0.4, -0.2) is 17.5 Å². The van der Waals surface area contributed by atoms with Crippen LogP contribution in [0.25, 0.3) is 0 Å². The van der Waals surface area contributed by atoms with Gasteiger partial charge in [-0.3, -0.25) is 4.90 Å². The molecule has 0 spiro atoms. The molecule has 1 heterocycles. The van der Waals surface area contributed by atoms with Crippen molar-refractivity contribution in [2.24, 2.45) is 0 Å². The Bertz CT molecular complexity index is 582. The van der Waals surface area contributed by atoms with Gasteiger partial charge in [0.2, 0.25) is 0 Å². The van der Waals surface area contributed by atoms with Crippen LogP contribution < -0.4 is 0 Å². The van der Waals surface area contributed by atoms with Gasteiger partial charge in [-0.25, -0.2) is 4.79 Å². The SMILES string of the molecule is C[C@@H](c1ccccc1)N1C[C@@H](c2ccccc2)OC1=O. The Hall–Kier alpha value is -2.29. The third-order valence-electron chi connectivity index (χ3n) is 3.76. The molecular formula is C17H17NO2. The fourth-order valence-corrected chi connectivity index (χ4v) is 2.55. The molecule has 0 unspecified atom stereocenters. The lowest BCUT2D eigenvalue weighted by molar-refractivity contribution is 0.129. The predicted molar refractivity (Wildman–Crippen MR) is 77.2 cm³/mol. The predicted octanol–water partition coefficient (Wildman–Crippen LogP) is 3.94. The molecule has 0 N–H and O–H groups in total. The number of ether oxygens (including phenoxy) is 1. The average molecular weight is 267 g/mol. The summed E-state index contributed by atoms with van der Waals surface area (Å²) in [6.45, 7) is 2.63. The van der Waals surface area contributed by atoms with E-state index in [4.69, 9.17) is 4.74 Å². The molecule has 1 amide bonds.